The average molecular weight is 1010 g/mol. The van der Waals surface area contributed by atoms with Crippen molar-refractivity contribution in [2.75, 3.05) is 14.7 Å². The van der Waals surface area contributed by atoms with Gasteiger partial charge in [-0.2, -0.15) is 0 Å². The number of para-hydroxylation sites is 1. The van der Waals surface area contributed by atoms with Crippen LogP contribution in [0.3, 0.4) is 0 Å². The second-order valence-electron chi connectivity index (χ2n) is 23.6. The molecule has 0 fully saturated rings. The molecule has 0 unspecified atom stereocenters. The van der Waals surface area contributed by atoms with Gasteiger partial charge in [0, 0.05) is 50.5 Å². The van der Waals surface area contributed by atoms with Crippen LogP contribution in [0, 0.1) is 55.4 Å². The van der Waals surface area contributed by atoms with Crippen LogP contribution in [0.4, 0.5) is 51.2 Å². The van der Waals surface area contributed by atoms with E-state index in [2.05, 4.69) is 286 Å². The van der Waals surface area contributed by atoms with Crippen molar-refractivity contribution in [1.82, 2.24) is 0 Å². The van der Waals surface area contributed by atoms with Gasteiger partial charge >= 0.3 is 0 Å². The highest BCUT2D eigenvalue weighted by atomic mass is 16.5. The largest absolute Gasteiger partial charge is 0.453 e. The molecule has 3 aliphatic rings. The zero-order chi connectivity index (χ0) is 54.1. The van der Waals surface area contributed by atoms with E-state index in [1.807, 2.05) is 0 Å². The molecule has 0 bridgehead atoms. The Bertz CT molecular complexity index is 3790. The molecule has 13 rings (SSSR count). The summed E-state index contributed by atoms with van der Waals surface area (Å²) in [7, 11) is 0. The van der Waals surface area contributed by atoms with E-state index >= 15 is 0 Å². The predicted octanol–water partition coefficient (Wildman–Crippen LogP) is 20.9. The van der Waals surface area contributed by atoms with Gasteiger partial charge in [-0.05, 0) is 207 Å². The minimum Gasteiger partial charge on any atom is -0.453 e. The third-order valence-electron chi connectivity index (χ3n) is 17.3. The van der Waals surface area contributed by atoms with Crippen LogP contribution in [-0.2, 0) is 10.8 Å². The van der Waals surface area contributed by atoms with Crippen LogP contribution in [0.2, 0.25) is 0 Å². The molecule has 0 atom stereocenters. The fraction of sp³-hybridized carbons (Fsp3) is 0.189. The third-order valence-corrected chi connectivity index (χ3v) is 17.3. The van der Waals surface area contributed by atoms with Gasteiger partial charge in [0.1, 0.15) is 0 Å². The molecule has 1 aliphatic heterocycles. The first-order chi connectivity index (χ1) is 37.5. The van der Waals surface area contributed by atoms with Crippen LogP contribution in [0.1, 0.15) is 94.5 Å². The van der Waals surface area contributed by atoms with Crippen LogP contribution in [0.15, 0.2) is 188 Å². The van der Waals surface area contributed by atoms with Crippen molar-refractivity contribution >= 4 is 51.2 Å². The molecule has 0 N–H and O–H groups in total. The maximum Gasteiger partial charge on any atom is 0.151 e. The summed E-state index contributed by atoms with van der Waals surface area (Å²) in [6.07, 6.45) is 0. The smallest absolute Gasteiger partial charge is 0.151 e. The zero-order valence-corrected chi connectivity index (χ0v) is 47.1. The molecule has 10 aromatic carbocycles. The number of anilines is 9. The molecule has 0 amide bonds. The molecule has 4 heteroatoms. The van der Waals surface area contributed by atoms with E-state index in [1.54, 1.807) is 0 Å². The average Bonchev–Trinajstić information content (AvgIpc) is 3.81. The van der Waals surface area contributed by atoms with Crippen LogP contribution in [0.25, 0.3) is 33.4 Å². The lowest BCUT2D eigenvalue weighted by molar-refractivity contribution is 0.473. The van der Waals surface area contributed by atoms with Crippen molar-refractivity contribution in [3.05, 3.63) is 255 Å². The molecule has 0 spiro atoms. The molecule has 0 radical (unpaired) electrons. The second-order valence-corrected chi connectivity index (χ2v) is 23.6. The highest BCUT2D eigenvalue weighted by molar-refractivity contribution is 5.99. The SMILES string of the molecule is Cc1ccc(N(c2ccc3c(c2)C(C)(C)c2cc4c(cc2-3)N(c2ccccc2-c2ccccc2)c2cc3c(cc2O4)C(C)(C)c2cc(N(c4ccc(C)cc4C)c4ccc(C)cc4C)ccc2-3)c2ccc(C)cc2C)c(C)c1. The first-order valence-corrected chi connectivity index (χ1v) is 27.6. The van der Waals surface area contributed by atoms with Gasteiger partial charge in [-0.1, -0.05) is 159 Å². The van der Waals surface area contributed by atoms with Crippen molar-refractivity contribution in [2.45, 2.75) is 93.9 Å². The predicted molar refractivity (Wildman–Crippen MR) is 329 cm³/mol. The van der Waals surface area contributed by atoms with Crippen LogP contribution < -0.4 is 19.4 Å². The molecule has 4 nitrogen and oxygen atoms in total. The minimum atomic E-state index is -0.330. The summed E-state index contributed by atoms with van der Waals surface area (Å²) in [5, 5.41) is 0. The number of ether oxygens (including phenoxy) is 1. The quantitative estimate of drug-likeness (QED) is 0.151. The molecule has 1 heterocycles. The van der Waals surface area contributed by atoms with Gasteiger partial charge in [0.15, 0.2) is 11.5 Å². The maximum atomic E-state index is 7.40. The highest BCUT2D eigenvalue weighted by Crippen LogP contribution is 2.62. The van der Waals surface area contributed by atoms with Crippen molar-refractivity contribution < 1.29 is 4.74 Å². The van der Waals surface area contributed by atoms with Gasteiger partial charge in [0.2, 0.25) is 0 Å². The number of hydrogen-bond acceptors (Lipinski definition) is 4. The molecule has 2 aliphatic carbocycles. The highest BCUT2D eigenvalue weighted by Gasteiger charge is 2.42. The van der Waals surface area contributed by atoms with Gasteiger partial charge in [0.05, 0.1) is 17.1 Å². The second kappa shape index (κ2) is 18.0. The maximum absolute atomic E-state index is 7.40. The van der Waals surface area contributed by atoms with E-state index in [9.17, 15) is 0 Å². The van der Waals surface area contributed by atoms with Gasteiger partial charge in [-0.25, -0.2) is 0 Å². The monoisotopic (exact) mass is 1010 g/mol. The molecule has 0 aromatic heterocycles. The van der Waals surface area contributed by atoms with Crippen molar-refractivity contribution in [3.63, 3.8) is 0 Å². The van der Waals surface area contributed by atoms with Crippen molar-refractivity contribution in [2.24, 2.45) is 0 Å². The van der Waals surface area contributed by atoms with E-state index < -0.39 is 0 Å². The summed E-state index contributed by atoms with van der Waals surface area (Å²) in [6.45, 7) is 27.2. The van der Waals surface area contributed by atoms with Crippen molar-refractivity contribution in [3.8, 4) is 44.9 Å². The van der Waals surface area contributed by atoms with E-state index in [-0.39, 0.29) is 10.8 Å². The fourth-order valence-electron chi connectivity index (χ4n) is 13.3. The Kier molecular flexibility index (Phi) is 11.3. The molecular formula is C74H67N3O. The van der Waals surface area contributed by atoms with Gasteiger partial charge in [-0.3, -0.25) is 0 Å². The number of hydrogen-bond donors (Lipinski definition) is 0. The summed E-state index contributed by atoms with van der Waals surface area (Å²) in [5.74, 6) is 1.70. The Labute approximate surface area is 461 Å². The van der Waals surface area contributed by atoms with Gasteiger partial charge < -0.3 is 19.4 Å². The van der Waals surface area contributed by atoms with Crippen LogP contribution in [-0.4, -0.2) is 0 Å². The lowest BCUT2D eigenvalue weighted by Crippen LogP contribution is -2.20. The molecule has 0 saturated heterocycles. The number of aryl methyl sites for hydroxylation is 8. The number of nitrogens with zero attached hydrogens (tertiary/aromatic N) is 3. The van der Waals surface area contributed by atoms with Crippen molar-refractivity contribution in [1.29, 1.82) is 0 Å². The topological polar surface area (TPSA) is 19.0 Å². The zero-order valence-electron chi connectivity index (χ0n) is 47.1. The van der Waals surface area contributed by atoms with E-state index in [4.69, 9.17) is 4.74 Å². The van der Waals surface area contributed by atoms with Crippen LogP contribution in [0.5, 0.6) is 11.5 Å². The Morgan fingerprint density at radius 1 is 0.321 bits per heavy atom. The Morgan fingerprint density at radius 2 is 0.692 bits per heavy atom. The van der Waals surface area contributed by atoms with Gasteiger partial charge in [0.25, 0.3) is 0 Å². The number of benzene rings is 10. The molecule has 0 saturated carbocycles. The Hall–Kier alpha value is -8.60. The summed E-state index contributed by atoms with van der Waals surface area (Å²) in [5.41, 5.74) is 31.9. The molecule has 10 aromatic rings. The Balaban J connectivity index is 0.979. The number of fused-ring (bicyclic) bond motifs is 8. The van der Waals surface area contributed by atoms with E-state index in [1.165, 1.54) is 112 Å². The minimum absolute atomic E-state index is 0.330. The first kappa shape index (κ1) is 49.0. The van der Waals surface area contributed by atoms with Gasteiger partial charge in [-0.15, -0.1) is 0 Å². The summed E-state index contributed by atoms with van der Waals surface area (Å²) < 4.78 is 7.40. The lowest BCUT2D eigenvalue weighted by Gasteiger charge is -2.36. The third kappa shape index (κ3) is 7.70. The normalized spacial score (nSPS) is 13.9. The van der Waals surface area contributed by atoms with E-state index in [0.717, 1.165) is 51.1 Å². The first-order valence-electron chi connectivity index (χ1n) is 27.6. The standard InChI is InChI=1S/C74H67N3O/c1-44-22-30-64(48(5)34-44)75(65-31-23-45(2)35-49(65)6)53-26-28-56-58-40-69-71(42-62(58)73(9,10)60(56)38-53)78-72-43-63-59(41-70(72)77(69)68-21-17-16-20-55(68)52-18-14-13-15-19-52)57-29-27-54(39-61(57)74(63,11)12)76(66-32-24-46(3)36-50(66)7)67-33-25-47(4)37-51(67)8/h13-43H,1-12H3. The molecule has 78 heavy (non-hydrogen) atoms. The van der Waals surface area contributed by atoms with E-state index in [0.29, 0.717) is 0 Å². The Morgan fingerprint density at radius 3 is 1.09 bits per heavy atom. The molecule has 384 valence electrons. The summed E-state index contributed by atoms with van der Waals surface area (Å²) in [6, 6.07) is 70.7. The summed E-state index contributed by atoms with van der Waals surface area (Å²) in [4.78, 5) is 7.41. The lowest BCUT2D eigenvalue weighted by atomic mass is 9.81. The number of rotatable bonds is 8. The molecular weight excluding hydrogens is 947 g/mol. The van der Waals surface area contributed by atoms with Crippen LogP contribution >= 0.6 is 0 Å². The fourth-order valence-corrected chi connectivity index (χ4v) is 13.3. The summed E-state index contributed by atoms with van der Waals surface area (Å²) >= 11 is 0.